The maximum atomic E-state index is 3.64. The fraction of sp³-hybridized carbons (Fsp3) is 0.333. The lowest BCUT2D eigenvalue weighted by Gasteiger charge is -2.19. The van der Waals surface area contributed by atoms with Crippen LogP contribution in [0, 0.1) is 0 Å². The van der Waals surface area contributed by atoms with Crippen LogP contribution in [0.1, 0.15) is 29.8 Å². The number of hydrogen-bond donors (Lipinski definition) is 1. The molecule has 1 N–H and O–H groups in total. The summed E-state index contributed by atoms with van der Waals surface area (Å²) in [6, 6.07) is 11.1. The van der Waals surface area contributed by atoms with Gasteiger partial charge in [0, 0.05) is 26.3 Å². The van der Waals surface area contributed by atoms with E-state index in [-0.39, 0.29) is 0 Å². The van der Waals surface area contributed by atoms with E-state index in [2.05, 4.69) is 79.8 Å². The Kier molecular flexibility index (Phi) is 6.07. The molecule has 19 heavy (non-hydrogen) atoms. The molecule has 0 bridgehead atoms. The van der Waals surface area contributed by atoms with E-state index < -0.39 is 0 Å². The van der Waals surface area contributed by atoms with Crippen molar-refractivity contribution in [2.75, 3.05) is 6.54 Å². The molecule has 1 aromatic heterocycles. The number of halogens is 2. The van der Waals surface area contributed by atoms with Gasteiger partial charge in [0.15, 0.2) is 0 Å². The quantitative estimate of drug-likeness (QED) is 0.667. The van der Waals surface area contributed by atoms with E-state index in [9.17, 15) is 0 Å². The average molecular weight is 403 g/mol. The maximum Gasteiger partial charge on any atom is 0.0369 e. The minimum atomic E-state index is 0.378. The van der Waals surface area contributed by atoms with Crippen LogP contribution < -0.4 is 5.32 Å². The first-order valence-corrected chi connectivity index (χ1v) is 8.88. The highest BCUT2D eigenvalue weighted by molar-refractivity contribution is 9.10. The van der Waals surface area contributed by atoms with Crippen molar-refractivity contribution >= 4 is 43.2 Å². The lowest BCUT2D eigenvalue weighted by molar-refractivity contribution is 0.531. The number of thiophene rings is 1. The highest BCUT2D eigenvalue weighted by atomic mass is 79.9. The first kappa shape index (κ1) is 15.2. The molecule has 0 spiro atoms. The molecule has 1 aromatic carbocycles. The van der Waals surface area contributed by atoms with E-state index in [1.165, 1.54) is 14.9 Å². The fourth-order valence-corrected chi connectivity index (χ4v) is 3.80. The third-order valence-electron chi connectivity index (χ3n) is 2.99. The van der Waals surface area contributed by atoms with Crippen LogP contribution >= 0.6 is 43.2 Å². The first-order chi connectivity index (χ1) is 9.20. The highest BCUT2D eigenvalue weighted by Crippen LogP contribution is 2.28. The van der Waals surface area contributed by atoms with Gasteiger partial charge in [0.1, 0.15) is 0 Å². The molecular formula is C15H17Br2NS. The number of rotatable bonds is 6. The molecule has 0 saturated heterocycles. The van der Waals surface area contributed by atoms with Crippen LogP contribution in [0.15, 0.2) is 44.7 Å². The van der Waals surface area contributed by atoms with Gasteiger partial charge in [0.05, 0.1) is 0 Å². The average Bonchev–Trinajstić information content (AvgIpc) is 2.81. The Morgan fingerprint density at radius 3 is 2.47 bits per heavy atom. The maximum absolute atomic E-state index is 3.64. The van der Waals surface area contributed by atoms with Gasteiger partial charge in [0.25, 0.3) is 0 Å². The minimum Gasteiger partial charge on any atom is -0.310 e. The Hall–Kier alpha value is -0.160. The molecule has 2 rings (SSSR count). The third kappa shape index (κ3) is 4.42. The van der Waals surface area contributed by atoms with Gasteiger partial charge in [-0.25, -0.2) is 0 Å². The van der Waals surface area contributed by atoms with Gasteiger partial charge in [-0.15, -0.1) is 11.3 Å². The van der Waals surface area contributed by atoms with Gasteiger partial charge in [-0.1, -0.05) is 35.0 Å². The lowest BCUT2D eigenvalue weighted by atomic mass is 10.0. The van der Waals surface area contributed by atoms with Crippen LogP contribution in [0.2, 0.25) is 0 Å². The van der Waals surface area contributed by atoms with Crippen LogP contribution in [0.3, 0.4) is 0 Å². The second-order valence-corrected chi connectivity index (χ2v) is 7.22. The number of hydrogen-bond acceptors (Lipinski definition) is 2. The molecule has 1 unspecified atom stereocenters. The van der Waals surface area contributed by atoms with Crippen molar-refractivity contribution < 1.29 is 0 Å². The molecule has 0 aliphatic heterocycles. The summed E-state index contributed by atoms with van der Waals surface area (Å²) in [6.45, 7) is 3.25. The summed E-state index contributed by atoms with van der Waals surface area (Å²) in [5.74, 6) is 0. The summed E-state index contributed by atoms with van der Waals surface area (Å²) in [7, 11) is 0. The van der Waals surface area contributed by atoms with Crippen LogP contribution in [0.4, 0.5) is 0 Å². The van der Waals surface area contributed by atoms with Crippen molar-refractivity contribution in [2.45, 2.75) is 25.8 Å². The van der Waals surface area contributed by atoms with E-state index in [1.54, 1.807) is 0 Å². The topological polar surface area (TPSA) is 12.0 Å². The summed E-state index contributed by atoms with van der Waals surface area (Å²) in [5, 5.41) is 5.78. The van der Waals surface area contributed by atoms with Crippen molar-refractivity contribution in [1.82, 2.24) is 5.32 Å². The standard InChI is InChI=1S/C15H17Br2NS/c1-2-8-18-14(10-15-13(17)7-9-19-15)11-3-5-12(16)6-4-11/h3-7,9,14,18H,2,8,10H2,1H3. The largest absolute Gasteiger partial charge is 0.310 e. The zero-order valence-electron chi connectivity index (χ0n) is 10.8. The Morgan fingerprint density at radius 2 is 1.89 bits per heavy atom. The minimum absolute atomic E-state index is 0.378. The van der Waals surface area contributed by atoms with Crippen molar-refractivity contribution in [3.63, 3.8) is 0 Å². The molecule has 0 aliphatic rings. The summed E-state index contributed by atoms with van der Waals surface area (Å²) < 4.78 is 2.35. The van der Waals surface area contributed by atoms with Gasteiger partial charge in [-0.2, -0.15) is 0 Å². The Balaban J connectivity index is 2.15. The molecule has 1 atom stereocenters. The molecule has 1 heterocycles. The molecule has 2 aromatic rings. The molecule has 0 fully saturated rings. The summed E-state index contributed by atoms with van der Waals surface area (Å²) >= 11 is 8.93. The van der Waals surface area contributed by atoms with Crippen LogP contribution in [0.25, 0.3) is 0 Å². The number of nitrogens with one attached hydrogen (secondary N) is 1. The van der Waals surface area contributed by atoms with Gasteiger partial charge < -0.3 is 5.32 Å². The van der Waals surface area contributed by atoms with Crippen LogP contribution in [-0.2, 0) is 6.42 Å². The monoisotopic (exact) mass is 401 g/mol. The zero-order chi connectivity index (χ0) is 13.7. The van der Waals surface area contributed by atoms with Gasteiger partial charge in [0.2, 0.25) is 0 Å². The van der Waals surface area contributed by atoms with Gasteiger partial charge >= 0.3 is 0 Å². The third-order valence-corrected chi connectivity index (χ3v) is 5.47. The zero-order valence-corrected chi connectivity index (χ0v) is 14.8. The second kappa shape index (κ2) is 7.58. The molecular weight excluding hydrogens is 386 g/mol. The SMILES string of the molecule is CCCNC(Cc1sccc1Br)c1ccc(Br)cc1. The summed E-state index contributed by atoms with van der Waals surface area (Å²) in [6.07, 6.45) is 2.18. The predicted molar refractivity (Wildman–Crippen MR) is 90.9 cm³/mol. The van der Waals surface area contributed by atoms with E-state index in [0.717, 1.165) is 23.9 Å². The van der Waals surface area contributed by atoms with E-state index in [4.69, 9.17) is 0 Å². The molecule has 0 amide bonds. The lowest BCUT2D eigenvalue weighted by Crippen LogP contribution is -2.23. The van der Waals surface area contributed by atoms with Crippen LogP contribution in [0.5, 0.6) is 0 Å². The normalized spacial score (nSPS) is 12.6. The van der Waals surface area contributed by atoms with Crippen molar-refractivity contribution in [3.05, 3.63) is 55.1 Å². The van der Waals surface area contributed by atoms with E-state index >= 15 is 0 Å². The molecule has 1 nitrogen and oxygen atoms in total. The summed E-state index contributed by atoms with van der Waals surface area (Å²) in [4.78, 5) is 1.40. The van der Waals surface area contributed by atoms with Gasteiger partial charge in [-0.3, -0.25) is 0 Å². The van der Waals surface area contributed by atoms with Crippen LogP contribution in [-0.4, -0.2) is 6.54 Å². The van der Waals surface area contributed by atoms with E-state index in [1.807, 2.05) is 11.3 Å². The van der Waals surface area contributed by atoms with Crippen molar-refractivity contribution in [2.24, 2.45) is 0 Å². The molecule has 0 aliphatic carbocycles. The predicted octanol–water partition coefficient (Wildman–Crippen LogP) is 5.56. The highest BCUT2D eigenvalue weighted by Gasteiger charge is 2.14. The Morgan fingerprint density at radius 1 is 1.16 bits per heavy atom. The second-order valence-electron chi connectivity index (χ2n) is 4.45. The molecule has 0 radical (unpaired) electrons. The summed E-state index contributed by atoms with van der Waals surface area (Å²) in [5.41, 5.74) is 1.34. The van der Waals surface area contributed by atoms with E-state index in [0.29, 0.717) is 6.04 Å². The Bertz CT molecular complexity index is 507. The van der Waals surface area contributed by atoms with Crippen molar-refractivity contribution in [1.29, 1.82) is 0 Å². The smallest absolute Gasteiger partial charge is 0.0369 e. The molecule has 4 heteroatoms. The molecule has 102 valence electrons. The van der Waals surface area contributed by atoms with Gasteiger partial charge in [-0.05, 0) is 58.0 Å². The Labute approximate surface area is 135 Å². The number of benzene rings is 1. The fourth-order valence-electron chi connectivity index (χ4n) is 1.98. The first-order valence-electron chi connectivity index (χ1n) is 6.41. The molecule has 0 saturated carbocycles. The van der Waals surface area contributed by atoms with Crippen molar-refractivity contribution in [3.8, 4) is 0 Å².